The number of aromatic nitrogens is 1. The molecule has 1 aromatic carbocycles. The molecule has 0 aliphatic heterocycles. The van der Waals surface area contributed by atoms with E-state index in [1.807, 2.05) is 26.0 Å². The molecular formula is C15H17NO4. The van der Waals surface area contributed by atoms with Crippen molar-refractivity contribution in [2.24, 2.45) is 7.05 Å². The summed E-state index contributed by atoms with van der Waals surface area (Å²) >= 11 is 0. The Morgan fingerprint density at radius 1 is 1.40 bits per heavy atom. The standard InChI is InChI=1S/C15H17NO4/c1-5-9-10-6-8(2)7-11(20-4)13(10)16(3)14(17)12(9)15(18)19/h6-7H,5H2,1-4H3,(H,18,19). The minimum absolute atomic E-state index is 0.157. The molecule has 0 aliphatic rings. The molecule has 1 aromatic heterocycles. The van der Waals surface area contributed by atoms with Gasteiger partial charge in [0.2, 0.25) is 0 Å². The molecule has 0 bridgehead atoms. The normalized spacial score (nSPS) is 10.8. The largest absolute Gasteiger partial charge is 0.495 e. The zero-order chi connectivity index (χ0) is 15.0. The van der Waals surface area contributed by atoms with Crippen LogP contribution in [0.1, 0.15) is 28.4 Å². The lowest BCUT2D eigenvalue weighted by molar-refractivity contribution is 0.0693. The van der Waals surface area contributed by atoms with Crippen LogP contribution in [-0.4, -0.2) is 22.8 Å². The molecule has 2 aromatic rings. The van der Waals surface area contributed by atoms with E-state index in [1.54, 1.807) is 7.05 Å². The van der Waals surface area contributed by atoms with Crippen molar-refractivity contribution in [2.45, 2.75) is 20.3 Å². The van der Waals surface area contributed by atoms with E-state index in [9.17, 15) is 14.7 Å². The number of benzene rings is 1. The highest BCUT2D eigenvalue weighted by molar-refractivity contribution is 5.98. The van der Waals surface area contributed by atoms with Crippen molar-refractivity contribution < 1.29 is 14.6 Å². The molecule has 5 heteroatoms. The summed E-state index contributed by atoms with van der Waals surface area (Å²) in [5, 5.41) is 10.1. The van der Waals surface area contributed by atoms with E-state index in [1.165, 1.54) is 11.7 Å². The lowest BCUT2D eigenvalue weighted by Gasteiger charge is -2.16. The number of nitrogens with zero attached hydrogens (tertiary/aromatic N) is 1. The summed E-state index contributed by atoms with van der Waals surface area (Å²) in [4.78, 5) is 23.7. The Bertz CT molecular complexity index is 759. The number of carboxylic acid groups (broad SMARTS) is 1. The van der Waals surface area contributed by atoms with E-state index in [0.29, 0.717) is 23.3 Å². The van der Waals surface area contributed by atoms with Gasteiger partial charge in [0.15, 0.2) is 0 Å². The Labute approximate surface area is 116 Å². The Morgan fingerprint density at radius 2 is 2.05 bits per heavy atom. The van der Waals surface area contributed by atoms with Gasteiger partial charge < -0.3 is 14.4 Å². The lowest BCUT2D eigenvalue weighted by Crippen LogP contribution is -2.27. The number of carboxylic acids is 1. The van der Waals surface area contributed by atoms with Crippen molar-refractivity contribution in [3.8, 4) is 5.75 Å². The molecular weight excluding hydrogens is 258 g/mol. The first-order valence-corrected chi connectivity index (χ1v) is 6.35. The summed E-state index contributed by atoms with van der Waals surface area (Å²) in [5.74, 6) is -0.615. The fourth-order valence-corrected chi connectivity index (χ4v) is 2.60. The summed E-state index contributed by atoms with van der Waals surface area (Å²) in [6.07, 6.45) is 0.473. The number of aromatic carboxylic acids is 1. The number of rotatable bonds is 3. The van der Waals surface area contributed by atoms with E-state index >= 15 is 0 Å². The molecule has 106 valence electrons. The molecule has 20 heavy (non-hydrogen) atoms. The smallest absolute Gasteiger partial charge is 0.341 e. The van der Waals surface area contributed by atoms with E-state index in [-0.39, 0.29) is 5.56 Å². The van der Waals surface area contributed by atoms with Crippen molar-refractivity contribution in [2.75, 3.05) is 7.11 Å². The van der Waals surface area contributed by atoms with Gasteiger partial charge in [0, 0.05) is 12.4 Å². The predicted molar refractivity (Wildman–Crippen MR) is 76.8 cm³/mol. The van der Waals surface area contributed by atoms with Gasteiger partial charge in [0.25, 0.3) is 5.56 Å². The van der Waals surface area contributed by atoms with Crippen LogP contribution in [0.4, 0.5) is 0 Å². The molecule has 1 N–H and O–H groups in total. The average molecular weight is 275 g/mol. The van der Waals surface area contributed by atoms with Crippen LogP contribution in [0.25, 0.3) is 10.9 Å². The first-order chi connectivity index (χ1) is 9.42. The number of carbonyl (C=O) groups is 1. The molecule has 0 atom stereocenters. The monoisotopic (exact) mass is 275 g/mol. The third-order valence-electron chi connectivity index (χ3n) is 3.49. The molecule has 1 heterocycles. The van der Waals surface area contributed by atoms with Gasteiger partial charge >= 0.3 is 5.97 Å². The fourth-order valence-electron chi connectivity index (χ4n) is 2.60. The van der Waals surface area contributed by atoms with Crippen molar-refractivity contribution in [1.29, 1.82) is 0 Å². The fraction of sp³-hybridized carbons (Fsp3) is 0.333. The molecule has 2 rings (SSSR count). The van der Waals surface area contributed by atoms with Crippen LogP contribution in [0.2, 0.25) is 0 Å². The molecule has 0 radical (unpaired) electrons. The molecule has 0 amide bonds. The number of hydrogen-bond donors (Lipinski definition) is 1. The third kappa shape index (κ3) is 1.95. The van der Waals surface area contributed by atoms with Gasteiger partial charge in [0.1, 0.15) is 11.3 Å². The number of ether oxygens (including phenoxy) is 1. The summed E-state index contributed by atoms with van der Waals surface area (Å²) in [5.41, 5.74) is 1.47. The Hall–Kier alpha value is -2.30. The van der Waals surface area contributed by atoms with Gasteiger partial charge in [-0.15, -0.1) is 0 Å². The van der Waals surface area contributed by atoms with Crippen molar-refractivity contribution in [1.82, 2.24) is 4.57 Å². The zero-order valence-corrected chi connectivity index (χ0v) is 12.0. The Balaban J connectivity index is 3.13. The first kappa shape index (κ1) is 14.1. The van der Waals surface area contributed by atoms with Crippen molar-refractivity contribution in [3.63, 3.8) is 0 Å². The zero-order valence-electron chi connectivity index (χ0n) is 12.0. The molecule has 0 saturated carbocycles. The predicted octanol–water partition coefficient (Wildman–Crippen LogP) is 2.12. The van der Waals surface area contributed by atoms with Crippen LogP contribution < -0.4 is 10.3 Å². The van der Waals surface area contributed by atoms with Gasteiger partial charge in [-0.05, 0) is 36.6 Å². The van der Waals surface area contributed by atoms with E-state index < -0.39 is 11.5 Å². The highest BCUT2D eigenvalue weighted by atomic mass is 16.5. The summed E-state index contributed by atoms with van der Waals surface area (Å²) in [6, 6.07) is 3.73. The second-order valence-electron chi connectivity index (χ2n) is 4.74. The second kappa shape index (κ2) is 5.00. The lowest BCUT2D eigenvalue weighted by atomic mass is 9.98. The van der Waals surface area contributed by atoms with Gasteiger partial charge in [-0.25, -0.2) is 4.79 Å². The second-order valence-corrected chi connectivity index (χ2v) is 4.74. The minimum atomic E-state index is -1.19. The van der Waals surface area contributed by atoms with Crippen LogP contribution in [0, 0.1) is 6.92 Å². The topological polar surface area (TPSA) is 68.5 Å². The van der Waals surface area contributed by atoms with E-state index in [4.69, 9.17) is 4.74 Å². The summed E-state index contributed by atoms with van der Waals surface area (Å²) in [6.45, 7) is 3.75. The molecule has 0 fully saturated rings. The van der Waals surface area contributed by atoms with Crippen LogP contribution >= 0.6 is 0 Å². The minimum Gasteiger partial charge on any atom is -0.495 e. The Kier molecular flexibility index (Phi) is 3.53. The number of fused-ring (bicyclic) bond motifs is 1. The third-order valence-corrected chi connectivity index (χ3v) is 3.49. The van der Waals surface area contributed by atoms with E-state index in [2.05, 4.69) is 0 Å². The quantitative estimate of drug-likeness (QED) is 0.931. The number of pyridine rings is 1. The maximum Gasteiger partial charge on any atom is 0.341 e. The molecule has 0 spiro atoms. The number of hydrogen-bond acceptors (Lipinski definition) is 3. The average Bonchev–Trinajstić information content (AvgIpc) is 2.40. The molecule has 5 nitrogen and oxygen atoms in total. The highest BCUT2D eigenvalue weighted by Crippen LogP contribution is 2.30. The molecule has 0 unspecified atom stereocenters. The van der Waals surface area contributed by atoms with Gasteiger partial charge in [0.05, 0.1) is 12.6 Å². The maximum atomic E-state index is 12.3. The number of aryl methyl sites for hydroxylation is 3. The van der Waals surface area contributed by atoms with Crippen LogP contribution in [0.3, 0.4) is 0 Å². The van der Waals surface area contributed by atoms with Crippen LogP contribution in [0.5, 0.6) is 5.75 Å². The van der Waals surface area contributed by atoms with E-state index in [0.717, 1.165) is 10.9 Å². The maximum absolute atomic E-state index is 12.3. The summed E-state index contributed by atoms with van der Waals surface area (Å²) < 4.78 is 6.68. The highest BCUT2D eigenvalue weighted by Gasteiger charge is 2.21. The van der Waals surface area contributed by atoms with Crippen molar-refractivity contribution >= 4 is 16.9 Å². The number of methoxy groups -OCH3 is 1. The molecule has 0 aliphatic carbocycles. The van der Waals surface area contributed by atoms with Gasteiger partial charge in [-0.2, -0.15) is 0 Å². The van der Waals surface area contributed by atoms with Crippen molar-refractivity contribution in [3.05, 3.63) is 39.2 Å². The Morgan fingerprint density at radius 3 is 2.55 bits per heavy atom. The van der Waals surface area contributed by atoms with Crippen LogP contribution in [0.15, 0.2) is 16.9 Å². The van der Waals surface area contributed by atoms with Gasteiger partial charge in [-0.3, -0.25) is 4.79 Å². The van der Waals surface area contributed by atoms with Crippen LogP contribution in [-0.2, 0) is 13.5 Å². The van der Waals surface area contributed by atoms with Gasteiger partial charge in [-0.1, -0.05) is 6.92 Å². The summed E-state index contributed by atoms with van der Waals surface area (Å²) in [7, 11) is 3.10. The first-order valence-electron chi connectivity index (χ1n) is 6.35. The SMILES string of the molecule is CCc1c(C(=O)O)c(=O)n(C)c2c(OC)cc(C)cc12. The molecule has 0 saturated heterocycles.